The summed E-state index contributed by atoms with van der Waals surface area (Å²) in [6, 6.07) is 8.64. The van der Waals surface area contributed by atoms with Gasteiger partial charge in [-0.2, -0.15) is 0 Å². The lowest BCUT2D eigenvalue weighted by Crippen LogP contribution is -2.40. The average Bonchev–Trinajstić information content (AvgIpc) is 2.51. The first-order valence-electron chi connectivity index (χ1n) is 9.50. The molecule has 0 saturated heterocycles. The second-order valence-corrected chi connectivity index (χ2v) is 8.78. The van der Waals surface area contributed by atoms with Gasteiger partial charge >= 0.3 is 0 Å². The van der Waals surface area contributed by atoms with Crippen LogP contribution in [0.1, 0.15) is 51.2 Å². The summed E-state index contributed by atoms with van der Waals surface area (Å²) in [5, 5.41) is 10.4. The topological polar surface area (TPSA) is 32.7 Å². The second kappa shape index (κ2) is 7.55. The highest BCUT2D eigenvalue weighted by Crippen LogP contribution is 2.39. The van der Waals surface area contributed by atoms with E-state index in [1.807, 2.05) is 0 Å². The molecule has 2 aliphatic rings. The number of hydrogen-bond acceptors (Lipinski definition) is 3. The molecule has 0 bridgehead atoms. The summed E-state index contributed by atoms with van der Waals surface area (Å²) >= 11 is 0. The number of aliphatic hydroxyl groups is 1. The Morgan fingerprint density at radius 3 is 2.75 bits per heavy atom. The molecule has 0 radical (unpaired) electrons. The minimum Gasteiger partial charge on any atom is -0.389 e. The van der Waals surface area contributed by atoms with Crippen molar-refractivity contribution in [2.45, 2.75) is 65.2 Å². The van der Waals surface area contributed by atoms with Gasteiger partial charge in [0.25, 0.3) is 0 Å². The van der Waals surface area contributed by atoms with Crippen molar-refractivity contribution < 1.29 is 9.84 Å². The van der Waals surface area contributed by atoms with E-state index in [0.717, 1.165) is 38.3 Å². The molecular weight excluding hydrogens is 298 g/mol. The molecule has 1 heterocycles. The quantitative estimate of drug-likeness (QED) is 0.894. The molecule has 24 heavy (non-hydrogen) atoms. The van der Waals surface area contributed by atoms with Crippen molar-refractivity contribution in [2.75, 3.05) is 19.7 Å². The normalized spacial score (nSPS) is 28.3. The predicted molar refractivity (Wildman–Crippen MR) is 98.0 cm³/mol. The SMILES string of the molecule is C[C@@H]1C[C@@H](OC[C@@H](O)CN2CCc3ccccc3C2)CC(C)(C)C1. The van der Waals surface area contributed by atoms with E-state index in [0.29, 0.717) is 24.7 Å². The third-order valence-corrected chi connectivity index (χ3v) is 5.55. The second-order valence-electron chi connectivity index (χ2n) is 8.78. The van der Waals surface area contributed by atoms with Crippen molar-refractivity contribution in [3.05, 3.63) is 35.4 Å². The fraction of sp³-hybridized carbons (Fsp3) is 0.714. The van der Waals surface area contributed by atoms with Gasteiger partial charge in [-0.15, -0.1) is 0 Å². The van der Waals surface area contributed by atoms with Crippen LogP contribution in [0.25, 0.3) is 0 Å². The van der Waals surface area contributed by atoms with Crippen LogP contribution in [-0.2, 0) is 17.7 Å². The van der Waals surface area contributed by atoms with E-state index in [9.17, 15) is 5.11 Å². The van der Waals surface area contributed by atoms with Gasteiger partial charge in [0.1, 0.15) is 0 Å². The highest BCUT2D eigenvalue weighted by molar-refractivity contribution is 5.29. The molecule has 3 nitrogen and oxygen atoms in total. The van der Waals surface area contributed by atoms with Crippen LogP contribution >= 0.6 is 0 Å². The molecule has 0 spiro atoms. The Bertz CT molecular complexity index is 542. The van der Waals surface area contributed by atoms with Crippen LogP contribution in [0.15, 0.2) is 24.3 Å². The number of hydrogen-bond donors (Lipinski definition) is 1. The molecule has 3 heteroatoms. The van der Waals surface area contributed by atoms with Crippen LogP contribution in [0.5, 0.6) is 0 Å². The van der Waals surface area contributed by atoms with Crippen LogP contribution in [0.2, 0.25) is 0 Å². The standard InChI is InChI=1S/C21H33NO2/c1-16-10-20(12-21(2,3)11-16)24-15-19(23)14-22-9-8-17-6-4-5-7-18(17)13-22/h4-7,16,19-20,23H,8-15H2,1-3H3/t16-,19+,20-/m1/s1. The van der Waals surface area contributed by atoms with Gasteiger partial charge in [-0.1, -0.05) is 45.0 Å². The molecule has 3 rings (SSSR count). The molecule has 1 aromatic carbocycles. The van der Waals surface area contributed by atoms with Gasteiger partial charge in [0.15, 0.2) is 0 Å². The highest BCUT2D eigenvalue weighted by Gasteiger charge is 2.32. The maximum Gasteiger partial charge on any atom is 0.0900 e. The van der Waals surface area contributed by atoms with E-state index in [1.54, 1.807) is 0 Å². The van der Waals surface area contributed by atoms with E-state index in [4.69, 9.17) is 4.74 Å². The highest BCUT2D eigenvalue weighted by atomic mass is 16.5. The fourth-order valence-electron chi connectivity index (χ4n) is 4.69. The molecule has 0 aromatic heterocycles. The lowest BCUT2D eigenvalue weighted by atomic mass is 9.71. The smallest absolute Gasteiger partial charge is 0.0900 e. The lowest BCUT2D eigenvalue weighted by Gasteiger charge is -2.39. The first-order chi connectivity index (χ1) is 11.4. The van der Waals surface area contributed by atoms with E-state index in [2.05, 4.69) is 49.9 Å². The van der Waals surface area contributed by atoms with Gasteiger partial charge in [-0.05, 0) is 48.1 Å². The molecule has 0 unspecified atom stereocenters. The van der Waals surface area contributed by atoms with Crippen molar-refractivity contribution >= 4 is 0 Å². The Kier molecular flexibility index (Phi) is 5.63. The monoisotopic (exact) mass is 331 g/mol. The fourth-order valence-corrected chi connectivity index (χ4v) is 4.69. The third-order valence-electron chi connectivity index (χ3n) is 5.55. The lowest BCUT2D eigenvalue weighted by molar-refractivity contribution is -0.0620. The largest absolute Gasteiger partial charge is 0.389 e. The van der Waals surface area contributed by atoms with E-state index < -0.39 is 6.10 Å². The van der Waals surface area contributed by atoms with Crippen LogP contribution in [-0.4, -0.2) is 41.9 Å². The maximum atomic E-state index is 10.4. The zero-order valence-corrected chi connectivity index (χ0v) is 15.5. The van der Waals surface area contributed by atoms with Crippen LogP contribution in [0.4, 0.5) is 0 Å². The molecular formula is C21H33NO2. The van der Waals surface area contributed by atoms with Crippen molar-refractivity contribution in [2.24, 2.45) is 11.3 Å². The minimum absolute atomic E-state index is 0.306. The van der Waals surface area contributed by atoms with Crippen molar-refractivity contribution in [1.82, 2.24) is 4.90 Å². The number of benzene rings is 1. The third kappa shape index (κ3) is 4.81. The number of rotatable bonds is 5. The van der Waals surface area contributed by atoms with E-state index in [1.165, 1.54) is 17.5 Å². The van der Waals surface area contributed by atoms with E-state index in [-0.39, 0.29) is 0 Å². The number of ether oxygens (including phenoxy) is 1. The molecule has 3 atom stereocenters. The molecule has 1 aliphatic carbocycles. The molecule has 1 N–H and O–H groups in total. The Morgan fingerprint density at radius 2 is 2.00 bits per heavy atom. The molecule has 1 fully saturated rings. The van der Waals surface area contributed by atoms with Crippen molar-refractivity contribution in [3.63, 3.8) is 0 Å². The van der Waals surface area contributed by atoms with Crippen LogP contribution in [0.3, 0.4) is 0 Å². The first kappa shape index (κ1) is 17.9. The first-order valence-corrected chi connectivity index (χ1v) is 9.50. The summed E-state index contributed by atoms with van der Waals surface area (Å²) in [5.41, 5.74) is 3.22. The van der Waals surface area contributed by atoms with Gasteiger partial charge in [-0.25, -0.2) is 0 Å². The summed E-state index contributed by atoms with van der Waals surface area (Å²) in [6.07, 6.45) is 4.52. The maximum absolute atomic E-state index is 10.4. The van der Waals surface area contributed by atoms with Gasteiger partial charge in [-0.3, -0.25) is 4.90 Å². The average molecular weight is 332 g/mol. The number of β-amino-alcohol motifs (C(OH)–C–C–N with tert-alkyl or cyclic N) is 1. The molecule has 134 valence electrons. The van der Waals surface area contributed by atoms with Gasteiger partial charge < -0.3 is 9.84 Å². The molecule has 0 amide bonds. The summed E-state index contributed by atoms with van der Waals surface area (Å²) in [7, 11) is 0. The number of nitrogens with zero attached hydrogens (tertiary/aromatic N) is 1. The van der Waals surface area contributed by atoms with Gasteiger partial charge in [0, 0.05) is 19.6 Å². The minimum atomic E-state index is -0.393. The molecule has 1 saturated carbocycles. The van der Waals surface area contributed by atoms with E-state index >= 15 is 0 Å². The summed E-state index contributed by atoms with van der Waals surface area (Å²) in [6.45, 7) is 10.1. The zero-order valence-electron chi connectivity index (χ0n) is 15.5. The summed E-state index contributed by atoms with van der Waals surface area (Å²) in [5.74, 6) is 0.717. The number of fused-ring (bicyclic) bond motifs is 1. The molecule has 1 aliphatic heterocycles. The summed E-state index contributed by atoms with van der Waals surface area (Å²) in [4.78, 5) is 2.35. The number of aliphatic hydroxyl groups excluding tert-OH is 1. The predicted octanol–water partition coefficient (Wildman–Crippen LogP) is 3.64. The Morgan fingerprint density at radius 1 is 1.25 bits per heavy atom. The summed E-state index contributed by atoms with van der Waals surface area (Å²) < 4.78 is 6.09. The zero-order chi connectivity index (χ0) is 17.2. The van der Waals surface area contributed by atoms with Crippen molar-refractivity contribution in [1.29, 1.82) is 0 Å². The van der Waals surface area contributed by atoms with Crippen molar-refractivity contribution in [3.8, 4) is 0 Å². The van der Waals surface area contributed by atoms with Crippen LogP contribution in [0, 0.1) is 11.3 Å². The Labute approximate surface area is 147 Å². The van der Waals surface area contributed by atoms with Crippen LogP contribution < -0.4 is 0 Å². The molecule has 1 aromatic rings. The Balaban J connectivity index is 1.44. The Hall–Kier alpha value is -0.900. The van der Waals surface area contributed by atoms with Gasteiger partial charge in [0.05, 0.1) is 18.8 Å². The van der Waals surface area contributed by atoms with Gasteiger partial charge in [0.2, 0.25) is 0 Å².